The first-order chi connectivity index (χ1) is 8.69. The van der Waals surface area contributed by atoms with Gasteiger partial charge in [-0.25, -0.2) is 4.39 Å². The summed E-state index contributed by atoms with van der Waals surface area (Å²) >= 11 is 0. The van der Waals surface area contributed by atoms with Crippen molar-refractivity contribution >= 4 is 12.4 Å². The molecule has 108 valence electrons. The smallest absolute Gasteiger partial charge is 0.123 e. The minimum absolute atomic E-state index is 0. The molecule has 0 radical (unpaired) electrons. The quantitative estimate of drug-likeness (QED) is 0.915. The molecule has 2 nitrogen and oxygen atoms in total. The fourth-order valence-electron chi connectivity index (χ4n) is 2.80. The van der Waals surface area contributed by atoms with E-state index in [1.165, 1.54) is 18.4 Å². The van der Waals surface area contributed by atoms with Gasteiger partial charge < -0.3 is 5.32 Å². The molecule has 1 saturated heterocycles. The zero-order valence-electron chi connectivity index (χ0n) is 11.8. The van der Waals surface area contributed by atoms with Crippen molar-refractivity contribution in [2.24, 2.45) is 5.92 Å². The predicted molar refractivity (Wildman–Crippen MR) is 80.3 cm³/mol. The third kappa shape index (κ3) is 4.75. The second-order valence-corrected chi connectivity index (χ2v) is 5.37. The summed E-state index contributed by atoms with van der Waals surface area (Å²) in [4.78, 5) is 2.45. The van der Waals surface area contributed by atoms with Gasteiger partial charge in [-0.1, -0.05) is 6.07 Å². The second kappa shape index (κ2) is 7.83. The number of halogens is 2. The molecule has 0 aromatic heterocycles. The number of likely N-dealkylation sites (tertiary alicyclic amines) is 1. The van der Waals surface area contributed by atoms with Crippen molar-refractivity contribution in [1.82, 2.24) is 10.2 Å². The minimum atomic E-state index is -0.126. The van der Waals surface area contributed by atoms with E-state index >= 15 is 0 Å². The summed E-state index contributed by atoms with van der Waals surface area (Å²) in [6.07, 6.45) is 2.56. The van der Waals surface area contributed by atoms with Crippen molar-refractivity contribution < 1.29 is 4.39 Å². The summed E-state index contributed by atoms with van der Waals surface area (Å²) in [5.41, 5.74) is 2.31. The van der Waals surface area contributed by atoms with Gasteiger partial charge in [0.25, 0.3) is 0 Å². The number of hydrogen-bond donors (Lipinski definition) is 1. The van der Waals surface area contributed by atoms with Gasteiger partial charge in [-0.15, -0.1) is 12.4 Å². The van der Waals surface area contributed by atoms with E-state index in [0.29, 0.717) is 0 Å². The average Bonchev–Trinajstić information content (AvgIpc) is 2.35. The van der Waals surface area contributed by atoms with Crippen LogP contribution >= 0.6 is 12.4 Å². The summed E-state index contributed by atoms with van der Waals surface area (Å²) in [5.74, 6) is 0.608. The monoisotopic (exact) mass is 286 g/mol. The molecule has 1 N–H and O–H groups in total. The van der Waals surface area contributed by atoms with Gasteiger partial charge in [0.15, 0.2) is 0 Å². The largest absolute Gasteiger partial charge is 0.319 e. The number of nitrogens with one attached hydrogen (secondary N) is 1. The Labute approximate surface area is 121 Å². The Bertz CT molecular complexity index is 396. The summed E-state index contributed by atoms with van der Waals surface area (Å²) in [6.45, 7) is 6.28. The van der Waals surface area contributed by atoms with Crippen molar-refractivity contribution in [3.63, 3.8) is 0 Å². The van der Waals surface area contributed by atoms with Crippen molar-refractivity contribution in [1.29, 1.82) is 0 Å². The fraction of sp³-hybridized carbons (Fsp3) is 0.600. The minimum Gasteiger partial charge on any atom is -0.319 e. The lowest BCUT2D eigenvalue weighted by atomic mass is 9.97. The Hall–Kier alpha value is -0.640. The lowest BCUT2D eigenvalue weighted by Crippen LogP contribution is -2.38. The highest BCUT2D eigenvalue weighted by Crippen LogP contribution is 2.20. The van der Waals surface area contributed by atoms with Crippen molar-refractivity contribution in [2.75, 3.05) is 26.7 Å². The average molecular weight is 287 g/mol. The summed E-state index contributed by atoms with van der Waals surface area (Å²) in [6, 6.07) is 5.09. The molecule has 2 rings (SSSR count). The highest BCUT2D eigenvalue weighted by atomic mass is 35.5. The lowest BCUT2D eigenvalue weighted by Gasteiger charge is -2.33. The van der Waals surface area contributed by atoms with Gasteiger partial charge in [0.1, 0.15) is 5.82 Å². The zero-order chi connectivity index (χ0) is 13.0. The van der Waals surface area contributed by atoms with E-state index in [9.17, 15) is 4.39 Å². The van der Waals surface area contributed by atoms with Gasteiger partial charge in [0.2, 0.25) is 0 Å². The topological polar surface area (TPSA) is 15.3 Å². The Morgan fingerprint density at radius 3 is 2.95 bits per heavy atom. The maximum Gasteiger partial charge on any atom is 0.123 e. The van der Waals surface area contributed by atoms with Gasteiger partial charge in [0, 0.05) is 13.1 Å². The van der Waals surface area contributed by atoms with Crippen LogP contribution in [0.15, 0.2) is 18.2 Å². The molecule has 0 amide bonds. The van der Waals surface area contributed by atoms with Crippen LogP contribution in [0.25, 0.3) is 0 Å². The molecule has 19 heavy (non-hydrogen) atoms. The zero-order valence-corrected chi connectivity index (χ0v) is 12.6. The molecule has 1 aliphatic heterocycles. The van der Waals surface area contributed by atoms with E-state index in [1.54, 1.807) is 12.1 Å². The number of piperidine rings is 1. The van der Waals surface area contributed by atoms with Crippen LogP contribution < -0.4 is 5.32 Å². The van der Waals surface area contributed by atoms with E-state index < -0.39 is 0 Å². The van der Waals surface area contributed by atoms with Crippen LogP contribution in [-0.2, 0) is 6.54 Å². The van der Waals surface area contributed by atoms with Crippen molar-refractivity contribution in [3.05, 3.63) is 35.1 Å². The number of aryl methyl sites for hydroxylation is 1. The SMILES string of the molecule is CNCC1CCCN(Cc2cc(F)ccc2C)C1.Cl. The second-order valence-electron chi connectivity index (χ2n) is 5.37. The first-order valence-corrected chi connectivity index (χ1v) is 6.81. The van der Waals surface area contributed by atoms with Crippen LogP contribution in [0.5, 0.6) is 0 Å². The van der Waals surface area contributed by atoms with Gasteiger partial charge in [-0.05, 0) is 69.1 Å². The highest BCUT2D eigenvalue weighted by Gasteiger charge is 2.19. The Balaban J connectivity index is 0.00000180. The van der Waals surface area contributed by atoms with E-state index in [4.69, 9.17) is 0 Å². The van der Waals surface area contributed by atoms with Crippen molar-refractivity contribution in [2.45, 2.75) is 26.3 Å². The standard InChI is InChI=1S/C15H23FN2.ClH/c1-12-5-6-15(16)8-14(12)11-18-7-3-4-13(10-18)9-17-2;/h5-6,8,13,17H,3-4,7,9-11H2,1-2H3;1H. The van der Waals surface area contributed by atoms with Gasteiger partial charge in [-0.2, -0.15) is 0 Å². The Morgan fingerprint density at radius 2 is 2.21 bits per heavy atom. The first kappa shape index (κ1) is 16.4. The van der Waals surface area contributed by atoms with Gasteiger partial charge in [0.05, 0.1) is 0 Å². The molecular formula is C15H24ClFN2. The van der Waals surface area contributed by atoms with Crippen LogP contribution in [-0.4, -0.2) is 31.6 Å². The third-order valence-electron chi connectivity index (χ3n) is 3.80. The lowest BCUT2D eigenvalue weighted by molar-refractivity contribution is 0.166. The number of benzene rings is 1. The highest BCUT2D eigenvalue weighted by molar-refractivity contribution is 5.85. The normalized spacial score (nSPS) is 20.1. The predicted octanol–water partition coefficient (Wildman–Crippen LogP) is 2.99. The van der Waals surface area contributed by atoms with E-state index in [0.717, 1.165) is 37.7 Å². The molecule has 1 atom stereocenters. The summed E-state index contributed by atoms with van der Waals surface area (Å²) in [5, 5.41) is 3.26. The maximum atomic E-state index is 13.3. The molecule has 1 aliphatic rings. The van der Waals surface area contributed by atoms with Crippen LogP contribution in [0.4, 0.5) is 4.39 Å². The molecule has 1 unspecified atom stereocenters. The number of nitrogens with zero attached hydrogens (tertiary/aromatic N) is 1. The van der Waals surface area contributed by atoms with Crippen LogP contribution in [0, 0.1) is 18.7 Å². The van der Waals surface area contributed by atoms with Crippen LogP contribution in [0.3, 0.4) is 0 Å². The van der Waals surface area contributed by atoms with E-state index in [2.05, 4.69) is 17.1 Å². The van der Waals surface area contributed by atoms with Crippen LogP contribution in [0.2, 0.25) is 0 Å². The summed E-state index contributed by atoms with van der Waals surface area (Å²) in [7, 11) is 2.01. The maximum absolute atomic E-state index is 13.3. The molecule has 0 spiro atoms. The molecule has 4 heteroatoms. The molecule has 0 saturated carbocycles. The molecule has 0 bridgehead atoms. The fourth-order valence-corrected chi connectivity index (χ4v) is 2.80. The van der Waals surface area contributed by atoms with E-state index in [1.807, 2.05) is 13.1 Å². The molecule has 1 heterocycles. The first-order valence-electron chi connectivity index (χ1n) is 6.81. The third-order valence-corrected chi connectivity index (χ3v) is 3.80. The van der Waals surface area contributed by atoms with Gasteiger partial charge >= 0.3 is 0 Å². The molecule has 0 aliphatic carbocycles. The number of rotatable bonds is 4. The van der Waals surface area contributed by atoms with Crippen molar-refractivity contribution in [3.8, 4) is 0 Å². The molecule has 1 fully saturated rings. The molecule has 1 aromatic rings. The molecule has 1 aromatic carbocycles. The molecular weight excluding hydrogens is 263 g/mol. The Kier molecular flexibility index (Phi) is 6.76. The number of hydrogen-bond acceptors (Lipinski definition) is 2. The van der Waals surface area contributed by atoms with E-state index in [-0.39, 0.29) is 18.2 Å². The Morgan fingerprint density at radius 1 is 1.42 bits per heavy atom. The summed E-state index contributed by atoms with van der Waals surface area (Å²) < 4.78 is 13.3. The van der Waals surface area contributed by atoms with Gasteiger partial charge in [-0.3, -0.25) is 4.90 Å². The van der Waals surface area contributed by atoms with Crippen LogP contribution in [0.1, 0.15) is 24.0 Å².